The zero-order chi connectivity index (χ0) is 13.1. The lowest BCUT2D eigenvalue weighted by Crippen LogP contribution is -2.45. The van der Waals surface area contributed by atoms with Gasteiger partial charge in [-0.25, -0.2) is 4.39 Å². The van der Waals surface area contributed by atoms with E-state index in [4.69, 9.17) is 0 Å². The molecule has 1 aliphatic rings. The van der Waals surface area contributed by atoms with Crippen molar-refractivity contribution in [1.82, 2.24) is 10.2 Å². The van der Waals surface area contributed by atoms with Gasteiger partial charge in [0, 0.05) is 26.2 Å². The normalized spacial score (nSPS) is 17.6. The number of nitrogens with one attached hydrogen (secondary N) is 1. The van der Waals surface area contributed by atoms with Crippen molar-refractivity contribution in [1.29, 1.82) is 0 Å². The van der Waals surface area contributed by atoms with Crippen LogP contribution in [0, 0.1) is 0 Å². The molecule has 0 spiro atoms. The maximum Gasteiger partial charge on any atom is 0.109 e. The maximum absolute atomic E-state index is 13.6. The van der Waals surface area contributed by atoms with Gasteiger partial charge in [0.1, 0.15) is 6.67 Å². The molecule has 0 amide bonds. The van der Waals surface area contributed by atoms with Crippen LogP contribution in [-0.2, 0) is 0 Å². The third kappa shape index (κ3) is 2.95. The molecule has 1 atom stereocenters. The third-order valence-electron chi connectivity index (χ3n) is 3.92. The van der Waals surface area contributed by atoms with Crippen molar-refractivity contribution in [2.75, 3.05) is 32.9 Å². The largest absolute Gasteiger partial charge is 0.314 e. The Morgan fingerprint density at radius 2 is 1.75 bits per heavy atom. The molecule has 1 saturated heterocycles. The van der Waals surface area contributed by atoms with Crippen LogP contribution in [0.2, 0.25) is 0 Å². The van der Waals surface area contributed by atoms with Crippen LogP contribution in [0.15, 0.2) is 42.5 Å². The molecule has 0 unspecified atom stereocenters. The van der Waals surface area contributed by atoms with E-state index in [2.05, 4.69) is 34.5 Å². The lowest BCUT2D eigenvalue weighted by Gasteiger charge is -2.34. The van der Waals surface area contributed by atoms with Crippen LogP contribution in [0.1, 0.15) is 11.6 Å². The van der Waals surface area contributed by atoms with Crippen LogP contribution in [-0.4, -0.2) is 37.8 Å². The number of rotatable bonds is 3. The summed E-state index contributed by atoms with van der Waals surface area (Å²) in [6.07, 6.45) is 0. The molecule has 0 saturated carbocycles. The van der Waals surface area contributed by atoms with E-state index in [0.29, 0.717) is 0 Å². The second-order valence-electron chi connectivity index (χ2n) is 5.02. The zero-order valence-electron chi connectivity index (χ0n) is 11.4. The summed E-state index contributed by atoms with van der Waals surface area (Å²) in [5, 5.41) is 5.68. The second-order valence-corrected chi connectivity index (χ2v) is 5.02. The topological polar surface area (TPSA) is 15.3 Å². The van der Waals surface area contributed by atoms with E-state index < -0.39 is 0 Å². The molecule has 2 aromatic rings. The first-order chi connectivity index (χ1) is 9.40. The van der Waals surface area contributed by atoms with Gasteiger partial charge in [-0.3, -0.25) is 4.90 Å². The van der Waals surface area contributed by atoms with Gasteiger partial charge in [0.2, 0.25) is 0 Å². The molecule has 0 radical (unpaired) electrons. The van der Waals surface area contributed by atoms with Crippen LogP contribution >= 0.6 is 12.4 Å². The van der Waals surface area contributed by atoms with Crippen LogP contribution < -0.4 is 5.32 Å². The van der Waals surface area contributed by atoms with Crippen LogP contribution in [0.4, 0.5) is 4.39 Å². The van der Waals surface area contributed by atoms with E-state index in [1.54, 1.807) is 0 Å². The summed E-state index contributed by atoms with van der Waals surface area (Å²) in [5.74, 6) is 0. The lowest BCUT2D eigenvalue weighted by atomic mass is 9.98. The Kier molecular flexibility index (Phi) is 5.35. The smallest absolute Gasteiger partial charge is 0.109 e. The van der Waals surface area contributed by atoms with Crippen molar-refractivity contribution in [3.63, 3.8) is 0 Å². The fourth-order valence-corrected chi connectivity index (χ4v) is 2.91. The molecule has 1 heterocycles. The molecular weight excluding hydrogens is 275 g/mol. The van der Waals surface area contributed by atoms with Gasteiger partial charge in [0.05, 0.1) is 6.04 Å². The minimum Gasteiger partial charge on any atom is -0.314 e. The number of piperazine rings is 1. The van der Waals surface area contributed by atoms with Gasteiger partial charge >= 0.3 is 0 Å². The highest BCUT2D eigenvalue weighted by atomic mass is 35.5. The Hall–Kier alpha value is -1.16. The van der Waals surface area contributed by atoms with Gasteiger partial charge in [-0.15, -0.1) is 12.4 Å². The summed E-state index contributed by atoms with van der Waals surface area (Å²) < 4.78 is 13.6. The first-order valence-electron chi connectivity index (χ1n) is 6.88. The highest BCUT2D eigenvalue weighted by Crippen LogP contribution is 2.28. The van der Waals surface area contributed by atoms with E-state index in [1.165, 1.54) is 10.8 Å². The fourth-order valence-electron chi connectivity index (χ4n) is 2.91. The van der Waals surface area contributed by atoms with E-state index in [-0.39, 0.29) is 25.1 Å². The van der Waals surface area contributed by atoms with Gasteiger partial charge < -0.3 is 5.32 Å². The molecule has 2 nitrogen and oxygen atoms in total. The third-order valence-corrected chi connectivity index (χ3v) is 3.92. The Bertz CT molecular complexity index is 550. The highest BCUT2D eigenvalue weighted by molar-refractivity contribution is 5.86. The molecule has 3 rings (SSSR count). The summed E-state index contributed by atoms with van der Waals surface area (Å²) >= 11 is 0. The SMILES string of the molecule is Cl.FC[C@H](c1cccc2ccccc12)N1CCNCC1. The predicted molar refractivity (Wildman–Crippen MR) is 84.4 cm³/mol. The van der Waals surface area contributed by atoms with Crippen LogP contribution in [0.3, 0.4) is 0 Å². The highest BCUT2D eigenvalue weighted by Gasteiger charge is 2.23. The van der Waals surface area contributed by atoms with Crippen molar-refractivity contribution in [2.24, 2.45) is 0 Å². The van der Waals surface area contributed by atoms with Gasteiger partial charge in [-0.1, -0.05) is 42.5 Å². The van der Waals surface area contributed by atoms with Crippen molar-refractivity contribution in [3.05, 3.63) is 48.0 Å². The molecular formula is C16H20ClFN2. The number of alkyl halides is 1. The maximum atomic E-state index is 13.6. The number of fused-ring (bicyclic) bond motifs is 1. The summed E-state index contributed by atoms with van der Waals surface area (Å²) in [4.78, 5) is 2.25. The number of hydrogen-bond acceptors (Lipinski definition) is 2. The fraction of sp³-hybridized carbons (Fsp3) is 0.375. The van der Waals surface area contributed by atoms with Gasteiger partial charge in [0.25, 0.3) is 0 Å². The summed E-state index contributed by atoms with van der Waals surface area (Å²) in [6.45, 7) is 3.39. The number of hydrogen-bond donors (Lipinski definition) is 1. The molecule has 20 heavy (non-hydrogen) atoms. The first-order valence-corrected chi connectivity index (χ1v) is 6.88. The van der Waals surface area contributed by atoms with Crippen molar-refractivity contribution >= 4 is 23.2 Å². The molecule has 1 N–H and O–H groups in total. The minimum atomic E-state index is -0.325. The molecule has 108 valence electrons. The average molecular weight is 295 g/mol. The lowest BCUT2D eigenvalue weighted by molar-refractivity contribution is 0.148. The number of nitrogens with zero attached hydrogens (tertiary/aromatic N) is 1. The molecule has 0 aliphatic carbocycles. The van der Waals surface area contributed by atoms with Gasteiger partial charge in [0.15, 0.2) is 0 Å². The summed E-state index contributed by atoms with van der Waals surface area (Å²) in [6, 6.07) is 14.3. The van der Waals surface area contributed by atoms with E-state index >= 15 is 0 Å². The molecule has 2 aromatic carbocycles. The quantitative estimate of drug-likeness (QED) is 0.935. The zero-order valence-corrected chi connectivity index (χ0v) is 12.2. The molecule has 1 fully saturated rings. The Labute approximate surface area is 125 Å². The Morgan fingerprint density at radius 3 is 2.50 bits per heavy atom. The van der Waals surface area contributed by atoms with E-state index in [1.807, 2.05) is 18.2 Å². The minimum absolute atomic E-state index is 0. The van der Waals surface area contributed by atoms with Gasteiger partial charge in [-0.2, -0.15) is 0 Å². The number of halogens is 2. The Morgan fingerprint density at radius 1 is 1.05 bits per heavy atom. The standard InChI is InChI=1S/C16H19FN2.ClH/c17-12-16(19-10-8-18-9-11-19)15-7-3-5-13-4-1-2-6-14(13)15;/h1-7,16,18H,8-12H2;1H/t16-;/m1./s1. The number of benzene rings is 2. The summed E-state index contributed by atoms with van der Waals surface area (Å²) in [5.41, 5.74) is 1.11. The van der Waals surface area contributed by atoms with Crippen molar-refractivity contribution in [2.45, 2.75) is 6.04 Å². The monoisotopic (exact) mass is 294 g/mol. The van der Waals surface area contributed by atoms with E-state index in [0.717, 1.165) is 31.7 Å². The van der Waals surface area contributed by atoms with Crippen molar-refractivity contribution < 1.29 is 4.39 Å². The molecule has 4 heteroatoms. The Balaban J connectivity index is 0.00000147. The van der Waals surface area contributed by atoms with Crippen molar-refractivity contribution in [3.8, 4) is 0 Å². The average Bonchev–Trinajstić information content (AvgIpc) is 2.49. The first kappa shape index (κ1) is 15.2. The van der Waals surface area contributed by atoms with E-state index in [9.17, 15) is 4.39 Å². The summed E-state index contributed by atoms with van der Waals surface area (Å²) in [7, 11) is 0. The molecule has 0 aromatic heterocycles. The second kappa shape index (κ2) is 7.02. The van der Waals surface area contributed by atoms with Gasteiger partial charge in [-0.05, 0) is 16.3 Å². The molecule has 0 bridgehead atoms. The predicted octanol–water partition coefficient (Wildman–Crippen LogP) is 3.18. The van der Waals surface area contributed by atoms with Crippen LogP contribution in [0.25, 0.3) is 10.8 Å². The van der Waals surface area contributed by atoms with Crippen LogP contribution in [0.5, 0.6) is 0 Å². The molecule has 1 aliphatic heterocycles.